The first-order valence-corrected chi connectivity index (χ1v) is 5.40. The van der Waals surface area contributed by atoms with E-state index in [1.54, 1.807) is 7.05 Å². The first-order valence-electron chi connectivity index (χ1n) is 5.40. The van der Waals surface area contributed by atoms with Crippen LogP contribution in [0, 0.1) is 5.82 Å². The molecule has 0 amide bonds. The molecule has 9 heteroatoms. The van der Waals surface area contributed by atoms with E-state index in [0.717, 1.165) is 6.07 Å². The SMILES string of the molecule is CNOCc1ccc(-c2noc(C(F)(F)F)n2)c(F)c1. The molecule has 0 radical (unpaired) electrons. The van der Waals surface area contributed by atoms with Crippen LogP contribution in [0.25, 0.3) is 11.4 Å². The van der Waals surface area contributed by atoms with Crippen LogP contribution in [0.4, 0.5) is 17.6 Å². The van der Waals surface area contributed by atoms with Gasteiger partial charge >= 0.3 is 12.1 Å². The van der Waals surface area contributed by atoms with Crippen molar-refractivity contribution >= 4 is 0 Å². The molecule has 2 rings (SSSR count). The van der Waals surface area contributed by atoms with Gasteiger partial charge in [-0.3, -0.25) is 4.84 Å². The van der Waals surface area contributed by atoms with Crippen molar-refractivity contribution in [3.63, 3.8) is 0 Å². The predicted octanol–water partition coefficient (Wildman–Crippen LogP) is 2.55. The van der Waals surface area contributed by atoms with E-state index in [4.69, 9.17) is 4.84 Å². The molecule has 0 bridgehead atoms. The fourth-order valence-corrected chi connectivity index (χ4v) is 1.43. The molecule has 0 saturated carbocycles. The number of nitrogens with zero attached hydrogens (tertiary/aromatic N) is 2. The molecule has 0 aliphatic carbocycles. The molecule has 108 valence electrons. The van der Waals surface area contributed by atoms with E-state index in [1.165, 1.54) is 12.1 Å². The second-order valence-electron chi connectivity index (χ2n) is 3.73. The zero-order chi connectivity index (χ0) is 14.8. The Morgan fingerprint density at radius 1 is 1.35 bits per heavy atom. The summed E-state index contributed by atoms with van der Waals surface area (Å²) in [6.07, 6.45) is -4.76. The number of rotatable bonds is 4. The van der Waals surface area contributed by atoms with Crippen molar-refractivity contribution in [1.29, 1.82) is 0 Å². The summed E-state index contributed by atoms with van der Waals surface area (Å²) in [7, 11) is 1.54. The van der Waals surface area contributed by atoms with Gasteiger partial charge < -0.3 is 4.52 Å². The number of aromatic nitrogens is 2. The molecular formula is C11H9F4N3O2. The number of alkyl halides is 3. The van der Waals surface area contributed by atoms with Crippen molar-refractivity contribution in [3.8, 4) is 11.4 Å². The van der Waals surface area contributed by atoms with Crippen LogP contribution in [0.15, 0.2) is 22.7 Å². The molecular weight excluding hydrogens is 282 g/mol. The Balaban J connectivity index is 2.27. The lowest BCUT2D eigenvalue weighted by molar-refractivity contribution is -0.159. The maximum Gasteiger partial charge on any atom is 0.471 e. The van der Waals surface area contributed by atoms with Crippen LogP contribution in [0.2, 0.25) is 0 Å². The summed E-state index contributed by atoms with van der Waals surface area (Å²) in [6, 6.07) is 3.87. The fraction of sp³-hybridized carbons (Fsp3) is 0.273. The molecule has 2 aromatic rings. The van der Waals surface area contributed by atoms with Gasteiger partial charge in [0.1, 0.15) is 5.82 Å². The molecule has 0 saturated heterocycles. The van der Waals surface area contributed by atoms with Gasteiger partial charge in [-0.1, -0.05) is 11.2 Å². The van der Waals surface area contributed by atoms with Crippen molar-refractivity contribution in [3.05, 3.63) is 35.5 Å². The van der Waals surface area contributed by atoms with Crippen LogP contribution in [0.5, 0.6) is 0 Å². The number of hydroxylamine groups is 1. The normalized spacial score (nSPS) is 11.8. The maximum absolute atomic E-state index is 13.8. The summed E-state index contributed by atoms with van der Waals surface area (Å²) >= 11 is 0. The van der Waals surface area contributed by atoms with Gasteiger partial charge in [-0.2, -0.15) is 18.2 Å². The predicted molar refractivity (Wildman–Crippen MR) is 58.5 cm³/mol. The first kappa shape index (κ1) is 14.4. The third-order valence-corrected chi connectivity index (χ3v) is 2.33. The van der Waals surface area contributed by atoms with Gasteiger partial charge in [0.05, 0.1) is 12.2 Å². The standard InChI is InChI=1S/C11H9F4N3O2/c1-16-19-5-6-2-3-7(8(12)4-6)9-17-10(20-18-9)11(13,14)15/h2-4,16H,5H2,1H3. The van der Waals surface area contributed by atoms with Crippen LogP contribution in [-0.2, 0) is 17.6 Å². The Labute approximate surface area is 110 Å². The van der Waals surface area contributed by atoms with E-state index in [2.05, 4.69) is 20.1 Å². The second-order valence-corrected chi connectivity index (χ2v) is 3.73. The van der Waals surface area contributed by atoms with Crippen molar-refractivity contribution in [2.75, 3.05) is 7.05 Å². The lowest BCUT2D eigenvalue weighted by Gasteiger charge is -2.03. The van der Waals surface area contributed by atoms with E-state index in [0.29, 0.717) is 5.56 Å². The largest absolute Gasteiger partial charge is 0.471 e. The molecule has 5 nitrogen and oxygen atoms in total. The highest BCUT2D eigenvalue weighted by molar-refractivity contribution is 5.55. The van der Waals surface area contributed by atoms with Crippen molar-refractivity contribution in [2.45, 2.75) is 12.8 Å². The highest BCUT2D eigenvalue weighted by Gasteiger charge is 2.38. The minimum absolute atomic E-state index is 0.105. The molecule has 0 atom stereocenters. The summed E-state index contributed by atoms with van der Waals surface area (Å²) < 4.78 is 54.8. The summed E-state index contributed by atoms with van der Waals surface area (Å²) in [5.41, 5.74) is 2.73. The van der Waals surface area contributed by atoms with Crippen LogP contribution in [0.3, 0.4) is 0 Å². The zero-order valence-corrected chi connectivity index (χ0v) is 10.2. The molecule has 20 heavy (non-hydrogen) atoms. The van der Waals surface area contributed by atoms with Crippen LogP contribution in [0.1, 0.15) is 11.5 Å². The Morgan fingerprint density at radius 2 is 2.10 bits per heavy atom. The summed E-state index contributed by atoms with van der Waals surface area (Å²) in [4.78, 5) is 7.97. The molecule has 0 unspecified atom stereocenters. The lowest BCUT2D eigenvalue weighted by Crippen LogP contribution is -2.07. The minimum Gasteiger partial charge on any atom is -0.329 e. The van der Waals surface area contributed by atoms with Crippen molar-refractivity contribution < 1.29 is 26.9 Å². The monoisotopic (exact) mass is 291 g/mol. The van der Waals surface area contributed by atoms with Crippen molar-refractivity contribution in [1.82, 2.24) is 15.6 Å². The van der Waals surface area contributed by atoms with Gasteiger partial charge in [0.25, 0.3) is 0 Å². The molecule has 1 N–H and O–H groups in total. The van der Waals surface area contributed by atoms with Crippen LogP contribution < -0.4 is 5.48 Å². The van der Waals surface area contributed by atoms with E-state index < -0.39 is 23.7 Å². The van der Waals surface area contributed by atoms with Gasteiger partial charge in [-0.15, -0.1) is 0 Å². The maximum atomic E-state index is 13.8. The average Bonchev–Trinajstić information content (AvgIpc) is 2.85. The van der Waals surface area contributed by atoms with Gasteiger partial charge in [0, 0.05) is 7.05 Å². The zero-order valence-electron chi connectivity index (χ0n) is 10.2. The number of hydrogen-bond acceptors (Lipinski definition) is 5. The van der Waals surface area contributed by atoms with E-state index >= 15 is 0 Å². The van der Waals surface area contributed by atoms with E-state index in [1.807, 2.05) is 0 Å². The number of hydrogen-bond donors (Lipinski definition) is 1. The lowest BCUT2D eigenvalue weighted by atomic mass is 10.1. The van der Waals surface area contributed by atoms with Gasteiger partial charge in [0.2, 0.25) is 5.82 Å². The second kappa shape index (κ2) is 5.55. The highest BCUT2D eigenvalue weighted by Crippen LogP contribution is 2.30. The molecule has 0 aliphatic heterocycles. The third kappa shape index (κ3) is 3.11. The number of benzene rings is 1. The van der Waals surface area contributed by atoms with Crippen LogP contribution >= 0.6 is 0 Å². The highest BCUT2D eigenvalue weighted by atomic mass is 19.4. The molecule has 0 spiro atoms. The Kier molecular flexibility index (Phi) is 4.00. The Hall–Kier alpha value is -2.00. The Bertz CT molecular complexity index is 598. The number of halogens is 4. The third-order valence-electron chi connectivity index (χ3n) is 2.33. The minimum atomic E-state index is -4.76. The average molecular weight is 291 g/mol. The van der Waals surface area contributed by atoms with Gasteiger partial charge in [0.15, 0.2) is 0 Å². The fourth-order valence-electron chi connectivity index (χ4n) is 1.43. The molecule has 1 heterocycles. The van der Waals surface area contributed by atoms with Gasteiger partial charge in [-0.25, -0.2) is 9.87 Å². The molecule has 1 aromatic heterocycles. The van der Waals surface area contributed by atoms with Gasteiger partial charge in [-0.05, 0) is 17.7 Å². The summed E-state index contributed by atoms with van der Waals surface area (Å²) in [5, 5.41) is 3.12. The van der Waals surface area contributed by atoms with Crippen LogP contribution in [-0.4, -0.2) is 17.2 Å². The molecule has 0 fully saturated rings. The Morgan fingerprint density at radius 3 is 2.65 bits per heavy atom. The molecule has 0 aliphatic rings. The molecule has 1 aromatic carbocycles. The van der Waals surface area contributed by atoms with E-state index in [-0.39, 0.29) is 12.2 Å². The number of nitrogens with one attached hydrogen (secondary N) is 1. The van der Waals surface area contributed by atoms with Crippen molar-refractivity contribution in [2.24, 2.45) is 0 Å². The topological polar surface area (TPSA) is 60.2 Å². The van der Waals surface area contributed by atoms with E-state index in [9.17, 15) is 17.6 Å². The quantitative estimate of drug-likeness (QED) is 0.693. The smallest absolute Gasteiger partial charge is 0.329 e. The summed E-state index contributed by atoms with van der Waals surface area (Å²) in [5.74, 6) is -2.75. The summed E-state index contributed by atoms with van der Waals surface area (Å²) in [6.45, 7) is 0.105. The first-order chi connectivity index (χ1) is 9.41.